The van der Waals surface area contributed by atoms with Gasteiger partial charge in [0.25, 0.3) is 5.56 Å². The lowest BCUT2D eigenvalue weighted by molar-refractivity contribution is 0.452. The molecule has 72 valence electrons. The Kier molecular flexibility index (Phi) is 2.67. The molecule has 1 rings (SSSR count). The standard InChI is InChI=1S/C8H13N3O2/c1-5-4-11(6(2)9-3)8(13)10-7(5)12/h4,6,9H,1-3H3,(H,10,12,13). The fraction of sp³-hybridized carbons (Fsp3) is 0.500. The number of H-pyrrole nitrogens is 1. The lowest BCUT2D eigenvalue weighted by Crippen LogP contribution is -2.36. The molecule has 0 spiro atoms. The topological polar surface area (TPSA) is 66.9 Å². The Morgan fingerprint density at radius 3 is 2.69 bits per heavy atom. The van der Waals surface area contributed by atoms with Gasteiger partial charge in [0.2, 0.25) is 0 Å². The second kappa shape index (κ2) is 3.57. The van der Waals surface area contributed by atoms with Crippen LogP contribution in [0.15, 0.2) is 15.8 Å². The van der Waals surface area contributed by atoms with E-state index in [9.17, 15) is 9.59 Å². The van der Waals surface area contributed by atoms with Gasteiger partial charge < -0.3 is 5.32 Å². The van der Waals surface area contributed by atoms with E-state index in [1.165, 1.54) is 4.57 Å². The van der Waals surface area contributed by atoms with Gasteiger partial charge in [0, 0.05) is 11.8 Å². The van der Waals surface area contributed by atoms with Crippen LogP contribution >= 0.6 is 0 Å². The number of nitrogens with one attached hydrogen (secondary N) is 2. The van der Waals surface area contributed by atoms with Crippen LogP contribution in [0.1, 0.15) is 18.7 Å². The van der Waals surface area contributed by atoms with Gasteiger partial charge in [-0.05, 0) is 20.9 Å². The molecule has 0 aliphatic heterocycles. The van der Waals surface area contributed by atoms with Gasteiger partial charge >= 0.3 is 5.69 Å². The molecule has 1 aromatic heterocycles. The molecule has 0 radical (unpaired) electrons. The highest BCUT2D eigenvalue weighted by Crippen LogP contribution is 1.94. The Balaban J connectivity index is 3.32. The Hall–Kier alpha value is -1.36. The molecule has 0 aliphatic carbocycles. The first-order valence-corrected chi connectivity index (χ1v) is 4.05. The minimum absolute atomic E-state index is 0.122. The summed E-state index contributed by atoms with van der Waals surface area (Å²) < 4.78 is 1.44. The highest BCUT2D eigenvalue weighted by Gasteiger charge is 2.05. The summed E-state index contributed by atoms with van der Waals surface area (Å²) in [7, 11) is 1.75. The molecule has 1 heterocycles. The number of nitrogens with zero attached hydrogens (tertiary/aromatic N) is 1. The Morgan fingerprint density at radius 1 is 1.54 bits per heavy atom. The summed E-state index contributed by atoms with van der Waals surface area (Å²) in [6, 6.07) is 0. The third-order valence-corrected chi connectivity index (χ3v) is 1.98. The van der Waals surface area contributed by atoms with Crippen molar-refractivity contribution in [2.75, 3.05) is 7.05 Å². The van der Waals surface area contributed by atoms with Crippen LogP contribution in [-0.4, -0.2) is 16.6 Å². The molecule has 1 aromatic rings. The van der Waals surface area contributed by atoms with Crippen molar-refractivity contribution < 1.29 is 0 Å². The largest absolute Gasteiger partial charge is 0.329 e. The van der Waals surface area contributed by atoms with Gasteiger partial charge in [0.1, 0.15) is 0 Å². The predicted molar refractivity (Wildman–Crippen MR) is 49.8 cm³/mol. The molecule has 0 aromatic carbocycles. The van der Waals surface area contributed by atoms with E-state index in [0.29, 0.717) is 5.56 Å². The third kappa shape index (κ3) is 1.86. The summed E-state index contributed by atoms with van der Waals surface area (Å²) in [5, 5.41) is 2.91. The maximum atomic E-state index is 11.3. The van der Waals surface area contributed by atoms with Crippen LogP contribution in [0, 0.1) is 6.92 Å². The quantitative estimate of drug-likeness (QED) is 0.654. The van der Waals surface area contributed by atoms with Gasteiger partial charge in [0.15, 0.2) is 0 Å². The minimum atomic E-state index is -0.391. The van der Waals surface area contributed by atoms with E-state index in [4.69, 9.17) is 0 Å². The van der Waals surface area contributed by atoms with Crippen molar-refractivity contribution in [3.8, 4) is 0 Å². The van der Waals surface area contributed by atoms with Crippen molar-refractivity contribution in [1.82, 2.24) is 14.9 Å². The molecule has 1 atom stereocenters. The van der Waals surface area contributed by atoms with Crippen LogP contribution in [0.2, 0.25) is 0 Å². The lowest BCUT2D eigenvalue weighted by atomic mass is 10.4. The molecule has 0 fully saturated rings. The van der Waals surface area contributed by atoms with Gasteiger partial charge in [-0.15, -0.1) is 0 Å². The van der Waals surface area contributed by atoms with Crippen LogP contribution in [0.5, 0.6) is 0 Å². The van der Waals surface area contributed by atoms with Crippen LogP contribution in [-0.2, 0) is 0 Å². The van der Waals surface area contributed by atoms with Gasteiger partial charge in [-0.25, -0.2) is 4.79 Å². The number of hydrogen-bond acceptors (Lipinski definition) is 3. The van der Waals surface area contributed by atoms with E-state index in [1.807, 2.05) is 6.92 Å². The first-order chi connectivity index (χ1) is 6.06. The molecule has 0 amide bonds. The zero-order valence-corrected chi connectivity index (χ0v) is 7.92. The fourth-order valence-electron chi connectivity index (χ4n) is 1.01. The average molecular weight is 183 g/mol. The highest BCUT2D eigenvalue weighted by atomic mass is 16.2. The predicted octanol–water partition coefficient (Wildman–Crippen LogP) is -0.417. The molecule has 1 unspecified atom stereocenters. The molecular formula is C8H13N3O2. The van der Waals surface area contributed by atoms with E-state index in [1.54, 1.807) is 20.2 Å². The summed E-state index contributed by atoms with van der Waals surface area (Å²) in [5.74, 6) is 0. The second-order valence-corrected chi connectivity index (χ2v) is 2.94. The first-order valence-electron chi connectivity index (χ1n) is 4.05. The zero-order valence-electron chi connectivity index (χ0n) is 7.92. The maximum absolute atomic E-state index is 11.3. The summed E-state index contributed by atoms with van der Waals surface area (Å²) in [4.78, 5) is 24.5. The van der Waals surface area contributed by atoms with Gasteiger partial charge in [0.05, 0.1) is 6.17 Å². The van der Waals surface area contributed by atoms with E-state index >= 15 is 0 Å². The molecule has 13 heavy (non-hydrogen) atoms. The Labute approximate surface area is 75.4 Å². The first kappa shape index (κ1) is 9.73. The third-order valence-electron chi connectivity index (χ3n) is 1.98. The number of rotatable bonds is 2. The minimum Gasteiger partial charge on any atom is -0.300 e. The smallest absolute Gasteiger partial charge is 0.300 e. The van der Waals surface area contributed by atoms with Gasteiger partial charge in [-0.2, -0.15) is 0 Å². The highest BCUT2D eigenvalue weighted by molar-refractivity contribution is 5.01. The van der Waals surface area contributed by atoms with Crippen LogP contribution in [0.4, 0.5) is 0 Å². The summed E-state index contributed by atoms with van der Waals surface area (Å²) in [5.41, 5.74) is -0.191. The molecule has 2 N–H and O–H groups in total. The van der Waals surface area contributed by atoms with Crippen molar-refractivity contribution in [2.24, 2.45) is 0 Å². The molecule has 0 aliphatic rings. The molecule has 5 nitrogen and oxygen atoms in total. The SMILES string of the molecule is CNC(C)n1cc(C)c(=O)[nH]c1=O. The molecular weight excluding hydrogens is 170 g/mol. The second-order valence-electron chi connectivity index (χ2n) is 2.94. The number of hydrogen-bond donors (Lipinski definition) is 2. The van der Waals surface area contributed by atoms with Crippen molar-refractivity contribution in [1.29, 1.82) is 0 Å². The van der Waals surface area contributed by atoms with Gasteiger partial charge in [-0.1, -0.05) is 0 Å². The molecule has 0 saturated carbocycles. The molecule has 5 heteroatoms. The summed E-state index contributed by atoms with van der Waals surface area (Å²) >= 11 is 0. The van der Waals surface area contributed by atoms with E-state index in [0.717, 1.165) is 0 Å². The number of aryl methyl sites for hydroxylation is 1. The Morgan fingerprint density at radius 2 is 2.15 bits per heavy atom. The van der Waals surface area contributed by atoms with Crippen LogP contribution < -0.4 is 16.6 Å². The van der Waals surface area contributed by atoms with Gasteiger partial charge in [-0.3, -0.25) is 14.3 Å². The molecule has 0 bridgehead atoms. The van der Waals surface area contributed by atoms with Crippen LogP contribution in [0.3, 0.4) is 0 Å². The summed E-state index contributed by atoms with van der Waals surface area (Å²) in [6.45, 7) is 3.50. The van der Waals surface area contributed by atoms with Crippen molar-refractivity contribution in [3.05, 3.63) is 32.6 Å². The normalized spacial score (nSPS) is 12.8. The maximum Gasteiger partial charge on any atom is 0.329 e. The van der Waals surface area contributed by atoms with E-state index in [-0.39, 0.29) is 11.7 Å². The average Bonchev–Trinajstić information content (AvgIpc) is 2.10. The number of aromatic nitrogens is 2. The van der Waals surface area contributed by atoms with Crippen molar-refractivity contribution in [2.45, 2.75) is 20.0 Å². The van der Waals surface area contributed by atoms with Crippen LogP contribution in [0.25, 0.3) is 0 Å². The van der Waals surface area contributed by atoms with E-state index in [2.05, 4.69) is 10.3 Å². The Bertz CT molecular complexity index is 405. The lowest BCUT2D eigenvalue weighted by Gasteiger charge is -2.13. The zero-order chi connectivity index (χ0) is 10.0. The molecule has 0 saturated heterocycles. The monoisotopic (exact) mass is 183 g/mol. The summed E-state index contributed by atoms with van der Waals surface area (Å²) in [6.07, 6.45) is 1.42. The number of aromatic amines is 1. The van der Waals surface area contributed by atoms with Crippen molar-refractivity contribution in [3.63, 3.8) is 0 Å². The van der Waals surface area contributed by atoms with E-state index < -0.39 is 5.69 Å². The fourth-order valence-corrected chi connectivity index (χ4v) is 1.01. The van der Waals surface area contributed by atoms with Crippen molar-refractivity contribution >= 4 is 0 Å².